The number of ether oxygens (including phenoxy) is 6. The zero-order valence-corrected chi connectivity index (χ0v) is 28.8. The van der Waals surface area contributed by atoms with Crippen molar-refractivity contribution in [1.82, 2.24) is 0 Å². The molecule has 1 saturated carbocycles. The van der Waals surface area contributed by atoms with Crippen LogP contribution in [0.1, 0.15) is 27.8 Å². The molecule has 0 unspecified atom stereocenters. The molecule has 7 nitrogen and oxygen atoms in total. The van der Waals surface area contributed by atoms with E-state index in [9.17, 15) is 5.11 Å². The summed E-state index contributed by atoms with van der Waals surface area (Å²) < 4.78 is 38.7. The summed E-state index contributed by atoms with van der Waals surface area (Å²) in [4.78, 5) is 0. The van der Waals surface area contributed by atoms with E-state index < -0.39 is 36.6 Å². The van der Waals surface area contributed by atoms with Crippen molar-refractivity contribution in [2.45, 2.75) is 69.7 Å². The van der Waals surface area contributed by atoms with E-state index in [1.807, 2.05) is 140 Å². The third kappa shape index (κ3) is 9.80. The van der Waals surface area contributed by atoms with E-state index in [-0.39, 0.29) is 26.4 Å². The second-order valence-electron chi connectivity index (χ2n) is 12.3. The molecule has 5 aromatic rings. The largest absolute Gasteiger partial charge is 0.497 e. The first kappa shape index (κ1) is 35.8. The van der Waals surface area contributed by atoms with Gasteiger partial charge < -0.3 is 33.5 Å². The van der Waals surface area contributed by atoms with E-state index in [0.29, 0.717) is 11.6 Å². The number of aliphatic hydroxyl groups excluding tert-OH is 1. The maximum atomic E-state index is 12.2. The van der Waals surface area contributed by atoms with E-state index in [2.05, 4.69) is 0 Å². The fraction of sp³-hybridized carbons (Fsp3) is 0.286. The van der Waals surface area contributed by atoms with Crippen molar-refractivity contribution in [1.29, 1.82) is 0 Å². The summed E-state index contributed by atoms with van der Waals surface area (Å²) in [6.45, 7) is 1.31. The first-order valence-electron chi connectivity index (χ1n) is 16.8. The lowest BCUT2D eigenvalue weighted by Gasteiger charge is -2.48. The summed E-state index contributed by atoms with van der Waals surface area (Å²) in [6.07, 6.45) is -4.90. The first-order valence-corrected chi connectivity index (χ1v) is 17.2. The topological polar surface area (TPSA) is 75.6 Å². The highest BCUT2D eigenvalue weighted by Gasteiger charge is 2.54. The molecule has 260 valence electrons. The Kier molecular flexibility index (Phi) is 13.1. The minimum absolute atomic E-state index is 0.242. The van der Waals surface area contributed by atoms with Gasteiger partial charge >= 0.3 is 0 Å². The smallest absolute Gasteiger partial charge is 0.118 e. The molecule has 1 aliphatic carbocycles. The number of rotatable bonds is 16. The summed E-state index contributed by atoms with van der Waals surface area (Å²) in [5.74, 6) is 0.754. The van der Waals surface area contributed by atoms with Crippen LogP contribution in [0.3, 0.4) is 0 Å². The number of methoxy groups -OCH3 is 1. The van der Waals surface area contributed by atoms with Gasteiger partial charge in [-0.15, -0.1) is 0 Å². The lowest BCUT2D eigenvalue weighted by Crippen LogP contribution is -2.66. The third-order valence-corrected chi connectivity index (χ3v) is 9.03. The predicted octanol–water partition coefficient (Wildman–Crippen LogP) is 7.95. The zero-order valence-electron chi connectivity index (χ0n) is 28.1. The van der Waals surface area contributed by atoms with Crippen molar-refractivity contribution in [2.24, 2.45) is 0 Å². The van der Waals surface area contributed by atoms with E-state index in [0.717, 1.165) is 33.6 Å². The summed E-state index contributed by atoms with van der Waals surface area (Å²) in [5.41, 5.74) is 4.79. The van der Waals surface area contributed by atoms with E-state index >= 15 is 0 Å². The third-order valence-electron chi connectivity index (χ3n) is 8.78. The van der Waals surface area contributed by atoms with Crippen LogP contribution in [0.2, 0.25) is 5.02 Å². The van der Waals surface area contributed by atoms with Gasteiger partial charge in [0.2, 0.25) is 0 Å². The van der Waals surface area contributed by atoms with Gasteiger partial charge in [0.1, 0.15) is 42.4 Å². The lowest BCUT2D eigenvalue weighted by atomic mass is 9.83. The summed E-state index contributed by atoms with van der Waals surface area (Å²) in [7, 11) is 1.64. The van der Waals surface area contributed by atoms with Crippen LogP contribution < -0.4 is 4.74 Å². The van der Waals surface area contributed by atoms with Gasteiger partial charge in [-0.3, -0.25) is 0 Å². The lowest BCUT2D eigenvalue weighted by molar-refractivity contribution is -0.283. The molecule has 5 aromatic carbocycles. The average Bonchev–Trinajstić information content (AvgIpc) is 3.17. The molecule has 1 aliphatic rings. The van der Waals surface area contributed by atoms with Gasteiger partial charge in [0.05, 0.1) is 40.1 Å². The second-order valence-corrected chi connectivity index (χ2v) is 12.7. The molecule has 0 bridgehead atoms. The minimum atomic E-state index is -1.12. The van der Waals surface area contributed by atoms with Crippen molar-refractivity contribution in [3.63, 3.8) is 0 Å². The van der Waals surface area contributed by atoms with Gasteiger partial charge in [-0.1, -0.05) is 127 Å². The Morgan fingerprint density at radius 2 is 0.720 bits per heavy atom. The summed E-state index contributed by atoms with van der Waals surface area (Å²) in [5, 5.41) is 12.9. The fourth-order valence-electron chi connectivity index (χ4n) is 6.08. The van der Waals surface area contributed by atoms with Crippen LogP contribution in [0.5, 0.6) is 5.75 Å². The Morgan fingerprint density at radius 1 is 0.420 bits per heavy atom. The molecule has 0 radical (unpaired) electrons. The monoisotopic (exact) mass is 694 g/mol. The highest BCUT2D eigenvalue weighted by atomic mass is 35.5. The molecule has 8 heteroatoms. The Bertz CT molecular complexity index is 1690. The molecule has 6 rings (SSSR count). The second kappa shape index (κ2) is 18.3. The normalized spacial score (nSPS) is 21.9. The number of halogens is 1. The molecular formula is C42H43ClO7. The van der Waals surface area contributed by atoms with Crippen molar-refractivity contribution in [2.75, 3.05) is 7.11 Å². The fourth-order valence-corrected chi connectivity index (χ4v) is 6.21. The highest BCUT2D eigenvalue weighted by molar-refractivity contribution is 6.30. The molecule has 0 spiro atoms. The molecule has 0 aromatic heterocycles. The van der Waals surface area contributed by atoms with Crippen molar-refractivity contribution >= 4 is 11.6 Å². The number of benzene rings is 5. The Balaban J connectivity index is 1.35. The van der Waals surface area contributed by atoms with E-state index in [4.69, 9.17) is 40.0 Å². The Morgan fingerprint density at radius 3 is 1.08 bits per heavy atom. The van der Waals surface area contributed by atoms with Gasteiger partial charge in [-0.25, -0.2) is 0 Å². The molecule has 0 heterocycles. The van der Waals surface area contributed by atoms with Gasteiger partial charge in [-0.2, -0.15) is 0 Å². The van der Waals surface area contributed by atoms with Crippen LogP contribution in [0.4, 0.5) is 0 Å². The molecule has 0 saturated heterocycles. The molecule has 0 amide bonds. The zero-order chi connectivity index (χ0) is 34.5. The van der Waals surface area contributed by atoms with E-state index in [1.165, 1.54) is 0 Å². The highest BCUT2D eigenvalue weighted by Crippen LogP contribution is 2.35. The number of aliphatic hydroxyl groups is 1. The molecule has 1 fully saturated rings. The van der Waals surface area contributed by atoms with Gasteiger partial charge in [0.15, 0.2) is 0 Å². The van der Waals surface area contributed by atoms with Crippen molar-refractivity contribution in [3.8, 4) is 5.75 Å². The maximum Gasteiger partial charge on any atom is 0.118 e. The van der Waals surface area contributed by atoms with Crippen LogP contribution in [-0.2, 0) is 56.7 Å². The van der Waals surface area contributed by atoms with Crippen LogP contribution in [0.25, 0.3) is 0 Å². The first-order chi connectivity index (χ1) is 24.6. The molecule has 1 N–H and O–H groups in total. The Labute approximate surface area is 299 Å². The quantitative estimate of drug-likeness (QED) is 0.112. The van der Waals surface area contributed by atoms with Gasteiger partial charge in [0, 0.05) is 5.02 Å². The predicted molar refractivity (Wildman–Crippen MR) is 193 cm³/mol. The average molecular weight is 695 g/mol. The van der Waals surface area contributed by atoms with Gasteiger partial charge in [-0.05, 0) is 52.1 Å². The SMILES string of the molecule is COc1ccc(CO[C@@H]2[C@@H](OCc3ccccc3)[C@@H](OCc3ccc(Cl)cc3)[C@H](OCc3ccccc3)[C@@H](O)[C@@H]2OCc2ccccc2)cc1. The van der Waals surface area contributed by atoms with Crippen LogP contribution in [0.15, 0.2) is 140 Å². The van der Waals surface area contributed by atoms with Crippen LogP contribution in [-0.4, -0.2) is 48.8 Å². The summed E-state index contributed by atoms with van der Waals surface area (Å²) >= 11 is 6.18. The summed E-state index contributed by atoms with van der Waals surface area (Å²) in [6, 6.07) is 44.9. The van der Waals surface area contributed by atoms with Gasteiger partial charge in [0.25, 0.3) is 0 Å². The van der Waals surface area contributed by atoms with Crippen LogP contribution >= 0.6 is 11.6 Å². The number of hydrogen-bond donors (Lipinski definition) is 1. The maximum absolute atomic E-state index is 12.2. The molecular weight excluding hydrogens is 652 g/mol. The molecule has 50 heavy (non-hydrogen) atoms. The van der Waals surface area contributed by atoms with Crippen molar-refractivity contribution in [3.05, 3.63) is 172 Å². The molecule has 0 aliphatic heterocycles. The Hall–Kier alpha value is -4.05. The number of hydrogen-bond acceptors (Lipinski definition) is 7. The standard InChI is InChI=1S/C42H43ClO7/c1-45-36-23-19-34(20-24-36)29-49-41-39(47-26-31-13-7-3-8-14-31)37(44)38(46-25-30-11-5-2-6-12-30)40(48-28-33-17-21-35(43)22-18-33)42(41)50-27-32-15-9-4-10-16-32/h2-24,37-42,44H,25-29H2,1H3/t37-,38-,39+,40+,41+,42+/m1/s1. The van der Waals surface area contributed by atoms with Crippen LogP contribution in [0, 0.1) is 0 Å². The van der Waals surface area contributed by atoms with Crippen molar-refractivity contribution < 1.29 is 33.5 Å². The van der Waals surface area contributed by atoms with E-state index in [1.54, 1.807) is 7.11 Å². The minimum Gasteiger partial charge on any atom is -0.497 e. The molecule has 6 atom stereocenters.